The van der Waals surface area contributed by atoms with Gasteiger partial charge in [0.15, 0.2) is 0 Å². The van der Waals surface area contributed by atoms with E-state index in [4.69, 9.17) is 48.0 Å². The van der Waals surface area contributed by atoms with Gasteiger partial charge in [0.25, 0.3) is 0 Å². The molecule has 0 aliphatic rings. The zero-order valence-electron chi connectivity index (χ0n) is 20.4. The third kappa shape index (κ3) is 7.99. The second kappa shape index (κ2) is 15.4. The lowest BCUT2D eigenvalue weighted by atomic mass is 10.2. The summed E-state index contributed by atoms with van der Waals surface area (Å²) in [7, 11) is 5.50. The summed E-state index contributed by atoms with van der Waals surface area (Å²) in [5, 5.41) is 0. The van der Waals surface area contributed by atoms with Gasteiger partial charge < -0.3 is 28.4 Å². The minimum Gasteiger partial charge on any atom is -0.496 e. The van der Waals surface area contributed by atoms with Gasteiger partial charge in [0.1, 0.15) is 40.7 Å². The van der Waals surface area contributed by atoms with Gasteiger partial charge in [-0.2, -0.15) is 0 Å². The number of hydrogen-bond acceptors (Lipinski definition) is 12. The lowest BCUT2D eigenvalue weighted by Gasteiger charge is -2.16. The van der Waals surface area contributed by atoms with Gasteiger partial charge in [0, 0.05) is 6.61 Å². The van der Waals surface area contributed by atoms with Gasteiger partial charge in [-0.05, 0) is 31.2 Å². The van der Waals surface area contributed by atoms with Crippen LogP contribution in [0.25, 0.3) is 0 Å². The summed E-state index contributed by atoms with van der Waals surface area (Å²) < 4.78 is 31.1. The first-order valence-corrected chi connectivity index (χ1v) is 10.5. The fraction of sp³-hybridized carbons (Fsp3) is 0.333. The number of methoxy groups -OCH3 is 4. The molecule has 0 heterocycles. The van der Waals surface area contributed by atoms with Crippen molar-refractivity contribution in [3.05, 3.63) is 60.7 Å². The molecule has 2 rings (SSSR count). The molecule has 0 amide bonds. The molecule has 0 fully saturated rings. The first kappa shape index (κ1) is 28.7. The normalized spacial score (nSPS) is 10.6. The van der Waals surface area contributed by atoms with Gasteiger partial charge in [0.2, 0.25) is 0 Å². The highest BCUT2D eigenvalue weighted by Crippen LogP contribution is 2.31. The van der Waals surface area contributed by atoms with Crippen molar-refractivity contribution in [2.75, 3.05) is 54.9 Å². The van der Waals surface area contributed by atoms with Gasteiger partial charge in [0.05, 0.1) is 41.7 Å². The molecule has 0 bridgehead atoms. The quantitative estimate of drug-likeness (QED) is 0.188. The third-order valence-corrected chi connectivity index (χ3v) is 4.42. The molecule has 0 unspecified atom stereocenters. The van der Waals surface area contributed by atoms with Gasteiger partial charge in [-0.15, -0.1) is 9.78 Å². The van der Waals surface area contributed by atoms with Gasteiger partial charge in [-0.3, -0.25) is 9.78 Å². The minimum atomic E-state index is -0.969. The molecule has 0 saturated carbocycles. The molecule has 196 valence electrons. The van der Waals surface area contributed by atoms with Crippen LogP contribution in [0.3, 0.4) is 0 Å². The summed E-state index contributed by atoms with van der Waals surface area (Å²) in [6.07, 6.45) is -0.506. The molecular weight excluding hydrogens is 480 g/mol. The molecule has 0 aliphatic carbocycles. The number of carbonyl (C=O) groups excluding carboxylic acids is 2. The molecule has 0 atom stereocenters. The topological polar surface area (TPSA) is 126 Å². The average Bonchev–Trinajstić information content (AvgIpc) is 2.92. The Balaban J connectivity index is 2.10. The molecule has 2 aromatic carbocycles. The van der Waals surface area contributed by atoms with Crippen LogP contribution in [-0.4, -0.2) is 66.8 Å². The molecule has 2 radical (unpaired) electrons. The highest BCUT2D eigenvalue weighted by Gasteiger charge is 2.27. The summed E-state index contributed by atoms with van der Waals surface area (Å²) >= 11 is 0. The van der Waals surface area contributed by atoms with Crippen LogP contribution in [0.1, 0.15) is 20.7 Å². The molecule has 0 saturated heterocycles. The van der Waals surface area contributed by atoms with Crippen molar-refractivity contribution < 1.29 is 57.6 Å². The molecule has 0 aliphatic heterocycles. The first-order valence-electron chi connectivity index (χ1n) is 10.5. The van der Waals surface area contributed by atoms with Crippen molar-refractivity contribution in [3.63, 3.8) is 0 Å². The van der Waals surface area contributed by atoms with Crippen molar-refractivity contribution in [1.82, 2.24) is 0 Å². The Morgan fingerprint density at radius 2 is 1.03 bits per heavy atom. The summed E-state index contributed by atoms with van der Waals surface area (Å²) in [6.45, 7) is 3.76. The number of benzene rings is 2. The lowest BCUT2D eigenvalue weighted by Crippen LogP contribution is -2.21. The van der Waals surface area contributed by atoms with Crippen molar-refractivity contribution in [2.45, 2.75) is 0 Å². The van der Waals surface area contributed by atoms with Crippen LogP contribution in [0.5, 0.6) is 23.0 Å². The highest BCUT2D eigenvalue weighted by molar-refractivity contribution is 5.96. The molecule has 12 nitrogen and oxygen atoms in total. The maximum Gasteiger partial charge on any atom is 0.380 e. The predicted octanol–water partition coefficient (Wildman–Crippen LogP) is 2.95. The maximum atomic E-state index is 12.7. The summed E-state index contributed by atoms with van der Waals surface area (Å²) in [5.41, 5.74) is -0.0789. The number of rotatable bonds is 16. The molecule has 0 aromatic heterocycles. The second-order valence-electron chi connectivity index (χ2n) is 6.52. The number of ether oxygens (including phenoxy) is 6. The van der Waals surface area contributed by atoms with E-state index in [1.807, 2.05) is 0 Å². The fourth-order valence-corrected chi connectivity index (χ4v) is 2.79. The van der Waals surface area contributed by atoms with E-state index >= 15 is 0 Å². The zero-order chi connectivity index (χ0) is 26.3. The summed E-state index contributed by atoms with van der Waals surface area (Å²) in [4.78, 5) is 45.0. The zero-order valence-corrected chi connectivity index (χ0v) is 20.4. The van der Waals surface area contributed by atoms with E-state index < -0.39 is 18.2 Å². The molecule has 0 N–H and O–H groups in total. The van der Waals surface area contributed by atoms with E-state index in [9.17, 15) is 9.59 Å². The molecular formula is C24H28O12. The molecule has 36 heavy (non-hydrogen) atoms. The van der Waals surface area contributed by atoms with Crippen LogP contribution in [0.4, 0.5) is 0 Å². The Morgan fingerprint density at radius 1 is 0.639 bits per heavy atom. The third-order valence-electron chi connectivity index (χ3n) is 4.42. The largest absolute Gasteiger partial charge is 0.496 e. The Labute approximate surface area is 208 Å². The van der Waals surface area contributed by atoms with E-state index in [2.05, 4.69) is 6.92 Å². The fourth-order valence-electron chi connectivity index (χ4n) is 2.79. The Morgan fingerprint density at radius 3 is 1.39 bits per heavy atom. The van der Waals surface area contributed by atoms with Crippen molar-refractivity contribution in [1.29, 1.82) is 0 Å². The maximum absolute atomic E-state index is 12.7. The van der Waals surface area contributed by atoms with Crippen LogP contribution < -0.4 is 18.9 Å². The van der Waals surface area contributed by atoms with Gasteiger partial charge in [-0.25, -0.2) is 9.59 Å². The second-order valence-corrected chi connectivity index (χ2v) is 6.52. The van der Waals surface area contributed by atoms with E-state index in [1.54, 1.807) is 12.1 Å². The van der Waals surface area contributed by atoms with Crippen LogP contribution >= 0.6 is 0 Å². The molecule has 2 aromatic rings. The molecule has 12 heteroatoms. The van der Waals surface area contributed by atoms with Crippen LogP contribution in [0.15, 0.2) is 36.4 Å². The Kier molecular flexibility index (Phi) is 12.3. The van der Waals surface area contributed by atoms with Gasteiger partial charge >= 0.3 is 18.2 Å². The Hall–Kier alpha value is -3.58. The summed E-state index contributed by atoms with van der Waals surface area (Å²) in [5.74, 6) is -1.21. The highest BCUT2D eigenvalue weighted by atomic mass is 17.3. The smallest absolute Gasteiger partial charge is 0.380 e. The van der Waals surface area contributed by atoms with Crippen molar-refractivity contribution in [3.8, 4) is 23.0 Å². The van der Waals surface area contributed by atoms with Crippen molar-refractivity contribution >= 4 is 11.9 Å². The predicted molar refractivity (Wildman–Crippen MR) is 122 cm³/mol. The Bertz CT molecular complexity index is 862. The van der Waals surface area contributed by atoms with Crippen molar-refractivity contribution in [2.24, 2.45) is 0 Å². The van der Waals surface area contributed by atoms with E-state index in [1.165, 1.54) is 52.7 Å². The minimum absolute atomic E-state index is 0.0395. The lowest BCUT2D eigenvalue weighted by molar-refractivity contribution is -0.368. The SMILES string of the molecule is [CH2]COCCOC[C](OOC(=O)c1c(OC)cccc1OC)OOC(=O)c1c(OC)cccc1OC. The monoisotopic (exact) mass is 508 g/mol. The number of carbonyl (C=O) groups is 2. The molecule has 0 spiro atoms. The average molecular weight is 508 g/mol. The van der Waals surface area contributed by atoms with Gasteiger partial charge in [-0.1, -0.05) is 12.1 Å². The van der Waals surface area contributed by atoms with E-state index in [-0.39, 0.29) is 60.6 Å². The van der Waals surface area contributed by atoms with E-state index in [0.717, 1.165) is 0 Å². The number of hydrogen-bond donors (Lipinski definition) is 0. The van der Waals surface area contributed by atoms with Crippen LogP contribution in [-0.2, 0) is 29.0 Å². The van der Waals surface area contributed by atoms with E-state index in [0.29, 0.717) is 0 Å². The standard InChI is InChI=1S/C24H28O12/c1-6-31-13-14-32-15-20(33-35-23(25)21-16(27-2)9-7-10-17(21)28-3)34-36-24(26)22-18(29-4)11-8-12-19(22)30-5/h7-12H,1,6,13-15H2,2-5H3. The van der Waals surface area contributed by atoms with Crippen LogP contribution in [0, 0.1) is 13.2 Å². The summed E-state index contributed by atoms with van der Waals surface area (Å²) in [6, 6.07) is 9.40. The van der Waals surface area contributed by atoms with Crippen LogP contribution in [0.2, 0.25) is 0 Å². The first-order chi connectivity index (χ1) is 17.5.